The van der Waals surface area contributed by atoms with Crippen molar-refractivity contribution in [1.29, 1.82) is 0 Å². The fourth-order valence-electron chi connectivity index (χ4n) is 2.50. The van der Waals surface area contributed by atoms with Crippen LogP contribution in [0, 0.1) is 0 Å². The highest BCUT2D eigenvalue weighted by atomic mass is 35.5. The zero-order valence-corrected chi connectivity index (χ0v) is 11.6. The van der Waals surface area contributed by atoms with E-state index in [9.17, 15) is 0 Å². The molecule has 1 saturated heterocycles. The fourth-order valence-corrected chi connectivity index (χ4v) is 2.78. The Hall–Kier alpha value is -0.770. The highest BCUT2D eigenvalue weighted by Crippen LogP contribution is 2.25. The van der Waals surface area contributed by atoms with Crippen molar-refractivity contribution in [3.05, 3.63) is 28.8 Å². The minimum Gasteiger partial charge on any atom is -0.495 e. The van der Waals surface area contributed by atoms with Crippen molar-refractivity contribution in [2.45, 2.75) is 25.3 Å². The van der Waals surface area contributed by atoms with Crippen molar-refractivity contribution in [2.75, 3.05) is 26.7 Å². The van der Waals surface area contributed by atoms with Gasteiger partial charge in [-0.15, -0.1) is 0 Å². The smallest absolute Gasteiger partial charge is 0.137 e. The Bertz CT molecular complexity index is 391. The lowest BCUT2D eigenvalue weighted by Gasteiger charge is -2.20. The molecule has 0 saturated carbocycles. The summed E-state index contributed by atoms with van der Waals surface area (Å²) < 4.78 is 5.14. The molecular weight excluding hydrogens is 248 g/mol. The van der Waals surface area contributed by atoms with Crippen LogP contribution in [0.25, 0.3) is 0 Å². The summed E-state index contributed by atoms with van der Waals surface area (Å²) in [5.41, 5.74) is 7.36. The van der Waals surface area contributed by atoms with Gasteiger partial charge in [-0.05, 0) is 50.0 Å². The van der Waals surface area contributed by atoms with Crippen LogP contribution < -0.4 is 10.5 Å². The zero-order chi connectivity index (χ0) is 13.0. The molecule has 3 nitrogen and oxygen atoms in total. The second-order valence-electron chi connectivity index (χ2n) is 4.94. The third-order valence-electron chi connectivity index (χ3n) is 3.41. The lowest BCUT2D eigenvalue weighted by atomic mass is 10.1. The van der Waals surface area contributed by atoms with Crippen LogP contribution in [0.2, 0.25) is 5.02 Å². The van der Waals surface area contributed by atoms with Gasteiger partial charge in [0, 0.05) is 12.6 Å². The van der Waals surface area contributed by atoms with Crippen molar-refractivity contribution in [3.63, 3.8) is 0 Å². The van der Waals surface area contributed by atoms with E-state index in [-0.39, 0.29) is 6.04 Å². The first-order valence-corrected chi connectivity index (χ1v) is 6.87. The van der Waals surface area contributed by atoms with Gasteiger partial charge >= 0.3 is 0 Å². The Morgan fingerprint density at radius 2 is 2.11 bits per heavy atom. The fraction of sp³-hybridized carbons (Fsp3) is 0.571. The summed E-state index contributed by atoms with van der Waals surface area (Å²) in [6, 6.07) is 6.06. The second-order valence-corrected chi connectivity index (χ2v) is 5.35. The lowest BCUT2D eigenvalue weighted by molar-refractivity contribution is 0.313. The van der Waals surface area contributed by atoms with E-state index in [0.29, 0.717) is 10.8 Å². The monoisotopic (exact) mass is 268 g/mol. The van der Waals surface area contributed by atoms with Crippen LogP contribution in [-0.4, -0.2) is 37.7 Å². The summed E-state index contributed by atoms with van der Waals surface area (Å²) in [5, 5.41) is 0.656. The molecule has 1 aliphatic heterocycles. The van der Waals surface area contributed by atoms with Crippen LogP contribution in [0.1, 0.15) is 18.4 Å². The Labute approximate surface area is 114 Å². The van der Waals surface area contributed by atoms with Gasteiger partial charge in [0.05, 0.1) is 12.1 Å². The van der Waals surface area contributed by atoms with Crippen LogP contribution in [0.3, 0.4) is 0 Å². The zero-order valence-electron chi connectivity index (χ0n) is 10.9. The standard InChI is InChI=1S/C14H21ClN2O/c1-18-14-5-4-11(9-13(14)15)8-12(16)10-17-6-2-3-7-17/h4-5,9,12H,2-3,6-8,10,16H2,1H3. The van der Waals surface area contributed by atoms with E-state index < -0.39 is 0 Å². The van der Waals surface area contributed by atoms with Crippen LogP contribution in [0.5, 0.6) is 5.75 Å². The third kappa shape index (κ3) is 3.61. The number of hydrogen-bond donors (Lipinski definition) is 1. The van der Waals surface area contributed by atoms with Crippen molar-refractivity contribution in [2.24, 2.45) is 5.73 Å². The number of benzene rings is 1. The first-order chi connectivity index (χ1) is 8.69. The summed E-state index contributed by atoms with van der Waals surface area (Å²) in [4.78, 5) is 2.44. The normalized spacial score (nSPS) is 17.9. The number of rotatable bonds is 5. The van der Waals surface area contributed by atoms with Crippen LogP contribution in [0.15, 0.2) is 18.2 Å². The Kier molecular flexibility index (Phi) is 4.87. The minimum absolute atomic E-state index is 0.174. The molecule has 1 heterocycles. The third-order valence-corrected chi connectivity index (χ3v) is 3.70. The molecule has 1 aliphatic rings. The van der Waals surface area contributed by atoms with E-state index in [1.807, 2.05) is 18.2 Å². The van der Waals surface area contributed by atoms with Crippen molar-refractivity contribution in [3.8, 4) is 5.75 Å². The maximum atomic E-state index is 6.19. The van der Waals surface area contributed by atoms with Gasteiger partial charge in [-0.1, -0.05) is 17.7 Å². The van der Waals surface area contributed by atoms with Gasteiger partial charge in [0.1, 0.15) is 5.75 Å². The largest absolute Gasteiger partial charge is 0.495 e. The molecule has 0 aromatic heterocycles. The van der Waals surface area contributed by atoms with Crippen molar-refractivity contribution in [1.82, 2.24) is 4.90 Å². The summed E-state index contributed by atoms with van der Waals surface area (Å²) >= 11 is 6.11. The molecule has 100 valence electrons. The molecule has 1 unspecified atom stereocenters. The van der Waals surface area contributed by atoms with E-state index in [4.69, 9.17) is 22.1 Å². The van der Waals surface area contributed by atoms with E-state index in [1.165, 1.54) is 31.5 Å². The number of nitrogens with zero attached hydrogens (tertiary/aromatic N) is 1. The quantitative estimate of drug-likeness (QED) is 0.891. The maximum Gasteiger partial charge on any atom is 0.137 e. The Balaban J connectivity index is 1.89. The molecule has 1 fully saturated rings. The minimum atomic E-state index is 0.174. The molecule has 0 radical (unpaired) electrons. The predicted molar refractivity (Wildman–Crippen MR) is 75.4 cm³/mol. The predicted octanol–water partition coefficient (Wildman–Crippen LogP) is 2.31. The van der Waals surface area contributed by atoms with Crippen LogP contribution >= 0.6 is 11.6 Å². The number of ether oxygens (including phenoxy) is 1. The number of likely N-dealkylation sites (tertiary alicyclic amines) is 1. The van der Waals surface area contributed by atoms with Gasteiger partial charge in [0.15, 0.2) is 0 Å². The molecule has 2 N–H and O–H groups in total. The van der Waals surface area contributed by atoms with Crippen LogP contribution in [-0.2, 0) is 6.42 Å². The highest BCUT2D eigenvalue weighted by Gasteiger charge is 2.15. The molecule has 0 amide bonds. The molecule has 18 heavy (non-hydrogen) atoms. The topological polar surface area (TPSA) is 38.5 Å². The van der Waals surface area contributed by atoms with Gasteiger partial charge in [-0.2, -0.15) is 0 Å². The molecule has 4 heteroatoms. The van der Waals surface area contributed by atoms with Gasteiger partial charge in [-0.3, -0.25) is 0 Å². The Morgan fingerprint density at radius 3 is 2.72 bits per heavy atom. The van der Waals surface area contributed by atoms with Crippen molar-refractivity contribution >= 4 is 11.6 Å². The molecule has 0 spiro atoms. The molecule has 2 rings (SSSR count). The van der Waals surface area contributed by atoms with Crippen LogP contribution in [0.4, 0.5) is 0 Å². The average molecular weight is 269 g/mol. The van der Waals surface area contributed by atoms with Crippen molar-refractivity contribution < 1.29 is 4.74 Å². The summed E-state index contributed by atoms with van der Waals surface area (Å²) in [6.07, 6.45) is 3.47. The molecule has 1 aromatic carbocycles. The van der Waals surface area contributed by atoms with Gasteiger partial charge < -0.3 is 15.4 Å². The molecule has 1 aromatic rings. The highest BCUT2D eigenvalue weighted by molar-refractivity contribution is 6.32. The number of halogens is 1. The number of hydrogen-bond acceptors (Lipinski definition) is 3. The molecule has 0 aliphatic carbocycles. The summed E-state index contributed by atoms with van der Waals surface area (Å²) in [6.45, 7) is 3.36. The average Bonchev–Trinajstić information content (AvgIpc) is 2.82. The van der Waals surface area contributed by atoms with E-state index in [0.717, 1.165) is 13.0 Å². The maximum absolute atomic E-state index is 6.19. The van der Waals surface area contributed by atoms with Gasteiger partial charge in [-0.25, -0.2) is 0 Å². The SMILES string of the molecule is COc1ccc(CC(N)CN2CCCC2)cc1Cl. The summed E-state index contributed by atoms with van der Waals surface area (Å²) in [5.74, 6) is 0.716. The lowest BCUT2D eigenvalue weighted by Crippen LogP contribution is -2.37. The van der Waals surface area contributed by atoms with Gasteiger partial charge in [0.2, 0.25) is 0 Å². The molecule has 1 atom stereocenters. The Morgan fingerprint density at radius 1 is 1.39 bits per heavy atom. The molecular formula is C14H21ClN2O. The number of methoxy groups -OCH3 is 1. The second kappa shape index (κ2) is 6.41. The van der Waals surface area contributed by atoms with E-state index >= 15 is 0 Å². The first-order valence-electron chi connectivity index (χ1n) is 6.49. The summed E-state index contributed by atoms with van der Waals surface area (Å²) in [7, 11) is 1.62. The molecule has 0 bridgehead atoms. The number of nitrogens with two attached hydrogens (primary N) is 1. The van der Waals surface area contributed by atoms with E-state index in [2.05, 4.69) is 4.90 Å². The van der Waals surface area contributed by atoms with E-state index in [1.54, 1.807) is 7.11 Å². The first kappa shape index (κ1) is 13.7. The van der Waals surface area contributed by atoms with Gasteiger partial charge in [0.25, 0.3) is 0 Å².